The molecule has 0 aromatic carbocycles. The van der Waals surface area contributed by atoms with E-state index in [4.69, 9.17) is 5.73 Å². The third kappa shape index (κ3) is 3.97. The van der Waals surface area contributed by atoms with E-state index < -0.39 is 0 Å². The highest BCUT2D eigenvalue weighted by atomic mass is 16.2. The number of nitrogens with two attached hydrogens (primary N) is 1. The van der Waals surface area contributed by atoms with Gasteiger partial charge in [0.1, 0.15) is 0 Å². The molecule has 0 saturated heterocycles. The number of hydrogen-bond acceptors (Lipinski definition) is 2. The van der Waals surface area contributed by atoms with Crippen molar-refractivity contribution in [3.05, 3.63) is 12.2 Å². The summed E-state index contributed by atoms with van der Waals surface area (Å²) in [6, 6.07) is -0.357. The third-order valence-electron chi connectivity index (χ3n) is 3.50. The van der Waals surface area contributed by atoms with E-state index in [1.54, 1.807) is 0 Å². The van der Waals surface area contributed by atoms with Gasteiger partial charge in [0.15, 0.2) is 0 Å². The van der Waals surface area contributed by atoms with Crippen LogP contribution in [0.25, 0.3) is 0 Å². The Morgan fingerprint density at radius 3 is 2.88 bits per heavy atom. The molecule has 3 heteroatoms. The molecular formula is C13H24N2O. The van der Waals surface area contributed by atoms with Gasteiger partial charge in [0, 0.05) is 6.54 Å². The third-order valence-corrected chi connectivity index (χ3v) is 3.50. The first kappa shape index (κ1) is 13.2. The number of hydrogen-bond donors (Lipinski definition) is 2. The molecule has 0 saturated carbocycles. The highest BCUT2D eigenvalue weighted by molar-refractivity contribution is 5.81. The van der Waals surface area contributed by atoms with Crippen molar-refractivity contribution in [3.8, 4) is 0 Å². The van der Waals surface area contributed by atoms with Gasteiger partial charge in [0.2, 0.25) is 5.91 Å². The number of nitrogens with one attached hydrogen (secondary N) is 1. The molecule has 1 rings (SSSR count). The van der Waals surface area contributed by atoms with Gasteiger partial charge >= 0.3 is 0 Å². The Morgan fingerprint density at radius 2 is 2.31 bits per heavy atom. The van der Waals surface area contributed by atoms with Gasteiger partial charge in [0.25, 0.3) is 0 Å². The molecule has 3 atom stereocenters. The number of carbonyl (C=O) groups excluding carboxylic acids is 1. The quantitative estimate of drug-likeness (QED) is 0.700. The maximum absolute atomic E-state index is 11.7. The highest BCUT2D eigenvalue weighted by Crippen LogP contribution is 2.17. The molecule has 92 valence electrons. The zero-order valence-corrected chi connectivity index (χ0v) is 10.4. The molecule has 0 heterocycles. The van der Waals surface area contributed by atoms with E-state index >= 15 is 0 Å². The van der Waals surface area contributed by atoms with Crippen LogP contribution in [-0.4, -0.2) is 18.5 Å². The number of amides is 1. The van der Waals surface area contributed by atoms with Gasteiger partial charge in [-0.3, -0.25) is 4.79 Å². The Hall–Kier alpha value is -0.830. The lowest BCUT2D eigenvalue weighted by Crippen LogP contribution is -2.46. The van der Waals surface area contributed by atoms with E-state index in [2.05, 4.69) is 24.4 Å². The molecule has 0 spiro atoms. The lowest BCUT2D eigenvalue weighted by atomic mass is 9.94. The first-order valence-electron chi connectivity index (χ1n) is 6.33. The second-order valence-corrected chi connectivity index (χ2v) is 4.81. The fourth-order valence-electron chi connectivity index (χ4n) is 1.92. The minimum atomic E-state index is -0.357. The first-order valence-corrected chi connectivity index (χ1v) is 6.33. The predicted molar refractivity (Wildman–Crippen MR) is 66.9 cm³/mol. The summed E-state index contributed by atoms with van der Waals surface area (Å²) in [5.41, 5.74) is 5.86. The number of carbonyl (C=O) groups is 1. The van der Waals surface area contributed by atoms with Gasteiger partial charge in [-0.15, -0.1) is 0 Å². The molecular weight excluding hydrogens is 200 g/mol. The van der Waals surface area contributed by atoms with Crippen molar-refractivity contribution in [2.75, 3.05) is 6.54 Å². The topological polar surface area (TPSA) is 55.1 Å². The number of rotatable bonds is 5. The van der Waals surface area contributed by atoms with Crippen LogP contribution in [0.15, 0.2) is 12.2 Å². The van der Waals surface area contributed by atoms with Crippen molar-refractivity contribution >= 4 is 5.91 Å². The SMILES string of the molecule is CC[C@H](C)[C@H](N)C(=O)NCC1CC=CCC1. The zero-order valence-electron chi connectivity index (χ0n) is 10.4. The van der Waals surface area contributed by atoms with Crippen LogP contribution in [0, 0.1) is 11.8 Å². The average molecular weight is 224 g/mol. The average Bonchev–Trinajstić information content (AvgIpc) is 2.35. The minimum Gasteiger partial charge on any atom is -0.354 e. The molecule has 0 aromatic heterocycles. The van der Waals surface area contributed by atoms with Gasteiger partial charge in [-0.1, -0.05) is 32.4 Å². The van der Waals surface area contributed by atoms with E-state index in [0.29, 0.717) is 5.92 Å². The molecule has 1 aliphatic rings. The molecule has 0 bridgehead atoms. The fourth-order valence-corrected chi connectivity index (χ4v) is 1.92. The van der Waals surface area contributed by atoms with Crippen LogP contribution in [0.4, 0.5) is 0 Å². The molecule has 0 radical (unpaired) electrons. The molecule has 1 aliphatic carbocycles. The molecule has 0 aromatic rings. The van der Waals surface area contributed by atoms with Crippen molar-refractivity contribution < 1.29 is 4.79 Å². The van der Waals surface area contributed by atoms with Crippen LogP contribution in [0.5, 0.6) is 0 Å². The van der Waals surface area contributed by atoms with Gasteiger partial charge < -0.3 is 11.1 Å². The second-order valence-electron chi connectivity index (χ2n) is 4.81. The van der Waals surface area contributed by atoms with Crippen LogP contribution in [0.2, 0.25) is 0 Å². The maximum Gasteiger partial charge on any atom is 0.237 e. The lowest BCUT2D eigenvalue weighted by molar-refractivity contribution is -0.123. The molecule has 16 heavy (non-hydrogen) atoms. The predicted octanol–water partition coefficient (Wildman–Crippen LogP) is 1.83. The summed E-state index contributed by atoms with van der Waals surface area (Å²) in [4.78, 5) is 11.7. The molecule has 1 amide bonds. The van der Waals surface area contributed by atoms with Crippen LogP contribution in [0.3, 0.4) is 0 Å². The largest absolute Gasteiger partial charge is 0.354 e. The van der Waals surface area contributed by atoms with Crippen molar-refractivity contribution in [1.29, 1.82) is 0 Å². The monoisotopic (exact) mass is 224 g/mol. The molecule has 0 fully saturated rings. The number of allylic oxidation sites excluding steroid dienone is 2. The van der Waals surface area contributed by atoms with Crippen LogP contribution in [0.1, 0.15) is 39.5 Å². The fraction of sp³-hybridized carbons (Fsp3) is 0.769. The van der Waals surface area contributed by atoms with Crippen LogP contribution in [-0.2, 0) is 4.79 Å². The highest BCUT2D eigenvalue weighted by Gasteiger charge is 2.20. The van der Waals surface area contributed by atoms with Crippen molar-refractivity contribution in [3.63, 3.8) is 0 Å². The Kier molecular flexibility index (Phi) is 5.53. The maximum atomic E-state index is 11.7. The van der Waals surface area contributed by atoms with Gasteiger partial charge in [0.05, 0.1) is 6.04 Å². The molecule has 0 aliphatic heterocycles. The van der Waals surface area contributed by atoms with E-state index in [0.717, 1.165) is 25.8 Å². The van der Waals surface area contributed by atoms with Crippen molar-refractivity contribution in [2.24, 2.45) is 17.6 Å². The molecule has 3 N–H and O–H groups in total. The van der Waals surface area contributed by atoms with Gasteiger partial charge in [-0.2, -0.15) is 0 Å². The standard InChI is InChI=1S/C13H24N2O/c1-3-10(2)12(14)13(16)15-9-11-7-5-4-6-8-11/h4-5,10-12H,3,6-9,14H2,1-2H3,(H,15,16)/t10-,11?,12-/m0/s1. The van der Waals surface area contributed by atoms with Gasteiger partial charge in [-0.05, 0) is 31.1 Å². The van der Waals surface area contributed by atoms with Gasteiger partial charge in [-0.25, -0.2) is 0 Å². The lowest BCUT2D eigenvalue weighted by Gasteiger charge is -2.21. The summed E-state index contributed by atoms with van der Waals surface area (Å²) in [5, 5.41) is 2.97. The summed E-state index contributed by atoms with van der Waals surface area (Å²) in [6.07, 6.45) is 8.75. The summed E-state index contributed by atoms with van der Waals surface area (Å²) < 4.78 is 0. The summed E-state index contributed by atoms with van der Waals surface area (Å²) in [5.74, 6) is 0.855. The van der Waals surface area contributed by atoms with Crippen LogP contribution >= 0.6 is 0 Å². The van der Waals surface area contributed by atoms with E-state index in [1.807, 2.05) is 6.92 Å². The molecule has 3 nitrogen and oxygen atoms in total. The second kappa shape index (κ2) is 6.69. The Labute approximate surface area is 98.5 Å². The summed E-state index contributed by atoms with van der Waals surface area (Å²) in [6.45, 7) is 4.85. The molecule has 1 unspecified atom stereocenters. The van der Waals surface area contributed by atoms with E-state index in [9.17, 15) is 4.79 Å². The van der Waals surface area contributed by atoms with Crippen molar-refractivity contribution in [1.82, 2.24) is 5.32 Å². The van der Waals surface area contributed by atoms with Crippen LogP contribution < -0.4 is 11.1 Å². The minimum absolute atomic E-state index is 0.00361. The normalized spacial score (nSPS) is 23.8. The first-order chi connectivity index (χ1) is 7.65. The summed E-state index contributed by atoms with van der Waals surface area (Å²) in [7, 11) is 0. The van der Waals surface area contributed by atoms with E-state index in [-0.39, 0.29) is 17.9 Å². The zero-order chi connectivity index (χ0) is 12.0. The Morgan fingerprint density at radius 1 is 1.56 bits per heavy atom. The Balaban J connectivity index is 2.26. The smallest absolute Gasteiger partial charge is 0.237 e. The Bertz CT molecular complexity index is 250. The van der Waals surface area contributed by atoms with E-state index in [1.165, 1.54) is 6.42 Å². The summed E-state index contributed by atoms with van der Waals surface area (Å²) >= 11 is 0. The van der Waals surface area contributed by atoms with Crippen molar-refractivity contribution in [2.45, 2.75) is 45.6 Å².